The van der Waals surface area contributed by atoms with Gasteiger partial charge in [-0.05, 0) is 50.6 Å². The van der Waals surface area contributed by atoms with Gasteiger partial charge in [0.2, 0.25) is 0 Å². The van der Waals surface area contributed by atoms with Crippen molar-refractivity contribution in [2.75, 3.05) is 11.9 Å². The van der Waals surface area contributed by atoms with Crippen LogP contribution in [0.15, 0.2) is 36.5 Å². The third-order valence-electron chi connectivity index (χ3n) is 3.66. The van der Waals surface area contributed by atoms with Crippen LogP contribution in [0.2, 0.25) is 0 Å². The Bertz CT molecular complexity index is 955. The van der Waals surface area contributed by atoms with Crippen molar-refractivity contribution in [3.63, 3.8) is 0 Å². The van der Waals surface area contributed by atoms with E-state index in [4.69, 9.17) is 10.5 Å². The van der Waals surface area contributed by atoms with Gasteiger partial charge in [-0.15, -0.1) is 11.3 Å². The van der Waals surface area contributed by atoms with Crippen molar-refractivity contribution in [1.29, 1.82) is 0 Å². The van der Waals surface area contributed by atoms with Gasteiger partial charge in [-0.2, -0.15) is 0 Å². The summed E-state index contributed by atoms with van der Waals surface area (Å²) >= 11 is 1.35. The standard InChI is InChI=1S/C19H21N5O2S/c1-4-26-19(25)16-17(27-18(24-16)12(3)20)13-6-5-7-14(22-13)23-15-10-11(2)8-9-21-15/h5-10,12H,4,20H2,1-3H3,(H,21,22,23). The molecule has 0 radical (unpaired) electrons. The number of anilines is 2. The monoisotopic (exact) mass is 383 g/mol. The van der Waals surface area contributed by atoms with Crippen molar-refractivity contribution in [3.8, 4) is 10.6 Å². The van der Waals surface area contributed by atoms with E-state index in [0.29, 0.717) is 27.2 Å². The van der Waals surface area contributed by atoms with E-state index in [-0.39, 0.29) is 18.3 Å². The van der Waals surface area contributed by atoms with Gasteiger partial charge in [0, 0.05) is 6.20 Å². The van der Waals surface area contributed by atoms with Crippen LogP contribution in [0.4, 0.5) is 11.6 Å². The van der Waals surface area contributed by atoms with E-state index in [1.54, 1.807) is 13.1 Å². The molecule has 1 unspecified atom stereocenters. The molecule has 27 heavy (non-hydrogen) atoms. The molecular weight excluding hydrogens is 362 g/mol. The molecule has 3 heterocycles. The van der Waals surface area contributed by atoms with Crippen LogP contribution < -0.4 is 11.1 Å². The first-order valence-electron chi connectivity index (χ1n) is 8.58. The summed E-state index contributed by atoms with van der Waals surface area (Å²) < 4.78 is 5.13. The number of nitrogens with zero attached hydrogens (tertiary/aromatic N) is 3. The zero-order valence-corrected chi connectivity index (χ0v) is 16.2. The van der Waals surface area contributed by atoms with Crippen molar-refractivity contribution < 1.29 is 9.53 Å². The van der Waals surface area contributed by atoms with Crippen LogP contribution in [0, 0.1) is 6.92 Å². The quantitative estimate of drug-likeness (QED) is 0.623. The Morgan fingerprint density at radius 2 is 2.11 bits per heavy atom. The van der Waals surface area contributed by atoms with Gasteiger partial charge in [-0.3, -0.25) is 0 Å². The van der Waals surface area contributed by atoms with E-state index < -0.39 is 5.97 Å². The Labute approximate surface area is 161 Å². The van der Waals surface area contributed by atoms with Crippen molar-refractivity contribution in [2.24, 2.45) is 5.73 Å². The first-order chi connectivity index (χ1) is 13.0. The van der Waals surface area contributed by atoms with Gasteiger partial charge in [-0.1, -0.05) is 6.07 Å². The maximum atomic E-state index is 12.3. The Kier molecular flexibility index (Phi) is 5.78. The summed E-state index contributed by atoms with van der Waals surface area (Å²) in [6, 6.07) is 9.10. The number of carbonyl (C=O) groups excluding carboxylic acids is 1. The molecule has 7 nitrogen and oxygen atoms in total. The molecule has 3 rings (SSSR count). The average Bonchev–Trinajstić information content (AvgIpc) is 3.08. The number of aryl methyl sites for hydroxylation is 1. The molecule has 0 bridgehead atoms. The SMILES string of the molecule is CCOC(=O)c1nc(C(C)N)sc1-c1cccc(Nc2cc(C)ccn2)n1. The predicted octanol–water partition coefficient (Wildman–Crippen LogP) is 3.85. The summed E-state index contributed by atoms with van der Waals surface area (Å²) in [4.78, 5) is 26.2. The smallest absolute Gasteiger partial charge is 0.358 e. The first-order valence-corrected chi connectivity index (χ1v) is 9.40. The molecule has 0 aliphatic rings. The Hall–Kier alpha value is -2.84. The highest BCUT2D eigenvalue weighted by molar-refractivity contribution is 7.15. The molecule has 1 atom stereocenters. The number of nitrogens with two attached hydrogens (primary N) is 1. The predicted molar refractivity (Wildman–Crippen MR) is 106 cm³/mol. The topological polar surface area (TPSA) is 103 Å². The number of hydrogen-bond acceptors (Lipinski definition) is 8. The molecule has 0 saturated carbocycles. The lowest BCUT2D eigenvalue weighted by Crippen LogP contribution is -2.09. The summed E-state index contributed by atoms with van der Waals surface area (Å²) in [6.07, 6.45) is 1.73. The molecule has 0 fully saturated rings. The molecule has 0 aromatic carbocycles. The lowest BCUT2D eigenvalue weighted by Gasteiger charge is -2.07. The number of pyridine rings is 2. The first kappa shape index (κ1) is 18.9. The zero-order valence-electron chi connectivity index (χ0n) is 15.4. The molecule has 0 aliphatic carbocycles. The van der Waals surface area contributed by atoms with Crippen molar-refractivity contribution >= 4 is 28.9 Å². The van der Waals surface area contributed by atoms with Gasteiger partial charge in [0.25, 0.3) is 0 Å². The van der Waals surface area contributed by atoms with E-state index in [9.17, 15) is 4.79 Å². The Morgan fingerprint density at radius 1 is 1.30 bits per heavy atom. The summed E-state index contributed by atoms with van der Waals surface area (Å²) in [6.45, 7) is 5.85. The number of esters is 1. The van der Waals surface area contributed by atoms with Crippen molar-refractivity contribution in [1.82, 2.24) is 15.0 Å². The number of hydrogen-bond donors (Lipinski definition) is 2. The van der Waals surface area contributed by atoms with Gasteiger partial charge in [0.05, 0.1) is 23.2 Å². The fraction of sp³-hybridized carbons (Fsp3) is 0.263. The fourth-order valence-corrected chi connectivity index (χ4v) is 3.39. The van der Waals surface area contributed by atoms with Crippen LogP contribution in [0.1, 0.15) is 40.9 Å². The van der Waals surface area contributed by atoms with Crippen LogP contribution in [0.25, 0.3) is 10.6 Å². The van der Waals surface area contributed by atoms with Gasteiger partial charge >= 0.3 is 5.97 Å². The minimum atomic E-state index is -0.476. The Balaban J connectivity index is 1.97. The largest absolute Gasteiger partial charge is 0.461 e. The molecule has 3 aromatic heterocycles. The highest BCUT2D eigenvalue weighted by atomic mass is 32.1. The lowest BCUT2D eigenvalue weighted by atomic mass is 10.2. The highest BCUT2D eigenvalue weighted by Crippen LogP contribution is 2.32. The molecule has 0 spiro atoms. The molecule has 140 valence electrons. The molecule has 3 N–H and O–H groups in total. The second-order valence-electron chi connectivity index (χ2n) is 5.99. The molecule has 0 aliphatic heterocycles. The third kappa shape index (κ3) is 4.47. The lowest BCUT2D eigenvalue weighted by molar-refractivity contribution is 0.0521. The van der Waals surface area contributed by atoms with E-state index >= 15 is 0 Å². The van der Waals surface area contributed by atoms with Gasteiger partial charge < -0.3 is 15.8 Å². The summed E-state index contributed by atoms with van der Waals surface area (Å²) in [5, 5.41) is 3.84. The fourth-order valence-electron chi connectivity index (χ4n) is 2.41. The van der Waals surface area contributed by atoms with E-state index in [1.165, 1.54) is 11.3 Å². The van der Waals surface area contributed by atoms with Crippen LogP contribution >= 0.6 is 11.3 Å². The normalized spacial score (nSPS) is 11.9. The molecule has 8 heteroatoms. The van der Waals surface area contributed by atoms with Crippen molar-refractivity contribution in [3.05, 3.63) is 52.8 Å². The maximum Gasteiger partial charge on any atom is 0.358 e. The molecule has 0 saturated heterocycles. The minimum Gasteiger partial charge on any atom is -0.461 e. The number of carbonyl (C=O) groups is 1. The molecule has 0 amide bonds. The third-order valence-corrected chi connectivity index (χ3v) is 4.93. The molecule has 3 aromatic rings. The molecular formula is C19H21N5O2S. The zero-order chi connectivity index (χ0) is 19.4. The van der Waals surface area contributed by atoms with E-state index in [1.807, 2.05) is 44.2 Å². The van der Waals surface area contributed by atoms with Gasteiger partial charge in [0.1, 0.15) is 16.6 Å². The highest BCUT2D eigenvalue weighted by Gasteiger charge is 2.23. The van der Waals surface area contributed by atoms with Crippen molar-refractivity contribution in [2.45, 2.75) is 26.8 Å². The average molecular weight is 383 g/mol. The summed E-state index contributed by atoms with van der Waals surface area (Å²) in [5.74, 6) is 0.846. The second-order valence-corrected chi connectivity index (χ2v) is 7.02. The van der Waals surface area contributed by atoms with Crippen LogP contribution in [0.3, 0.4) is 0 Å². The van der Waals surface area contributed by atoms with Crippen LogP contribution in [-0.4, -0.2) is 27.5 Å². The van der Waals surface area contributed by atoms with Crippen LogP contribution in [0.5, 0.6) is 0 Å². The Morgan fingerprint density at radius 3 is 2.81 bits per heavy atom. The number of thiazole rings is 1. The van der Waals surface area contributed by atoms with Gasteiger partial charge in [0.15, 0.2) is 5.69 Å². The van der Waals surface area contributed by atoms with Gasteiger partial charge in [-0.25, -0.2) is 19.7 Å². The summed E-state index contributed by atoms with van der Waals surface area (Å²) in [7, 11) is 0. The number of aromatic nitrogens is 3. The number of ether oxygens (including phenoxy) is 1. The van der Waals surface area contributed by atoms with E-state index in [2.05, 4.69) is 20.3 Å². The van der Waals surface area contributed by atoms with Crippen LogP contribution in [-0.2, 0) is 4.74 Å². The van der Waals surface area contributed by atoms with E-state index in [0.717, 1.165) is 5.56 Å². The summed E-state index contributed by atoms with van der Waals surface area (Å²) in [5.41, 5.74) is 7.91. The number of nitrogens with one attached hydrogen (secondary N) is 1. The number of rotatable bonds is 6. The minimum absolute atomic E-state index is 0.243. The second kappa shape index (κ2) is 8.24. The maximum absolute atomic E-state index is 12.3.